The minimum absolute atomic E-state index is 0.117. The fourth-order valence-electron chi connectivity index (χ4n) is 2.21. The average molecular weight is 351 g/mol. The SMILES string of the molecule is CC(C)c1ccc(C(=O)c2csc(Br)c2)c(C(C)C)c1. The summed E-state index contributed by atoms with van der Waals surface area (Å²) >= 11 is 4.96. The molecule has 20 heavy (non-hydrogen) atoms. The second-order valence-corrected chi connectivity index (χ2v) is 7.92. The Kier molecular flexibility index (Phi) is 4.82. The number of ketones is 1. The summed E-state index contributed by atoms with van der Waals surface area (Å²) in [6.45, 7) is 8.63. The third-order valence-electron chi connectivity index (χ3n) is 3.44. The van der Waals surface area contributed by atoms with Gasteiger partial charge in [-0.15, -0.1) is 11.3 Å². The van der Waals surface area contributed by atoms with E-state index in [0.29, 0.717) is 11.8 Å². The summed E-state index contributed by atoms with van der Waals surface area (Å²) in [5, 5.41) is 1.91. The lowest BCUT2D eigenvalue weighted by molar-refractivity contribution is 0.103. The topological polar surface area (TPSA) is 17.1 Å². The van der Waals surface area contributed by atoms with E-state index in [1.807, 2.05) is 17.5 Å². The van der Waals surface area contributed by atoms with Crippen LogP contribution in [0.1, 0.15) is 66.6 Å². The predicted molar refractivity (Wildman–Crippen MR) is 90.1 cm³/mol. The highest BCUT2D eigenvalue weighted by atomic mass is 79.9. The van der Waals surface area contributed by atoms with E-state index in [0.717, 1.165) is 20.5 Å². The van der Waals surface area contributed by atoms with Crippen molar-refractivity contribution >= 4 is 33.0 Å². The quantitative estimate of drug-likeness (QED) is 0.619. The van der Waals surface area contributed by atoms with E-state index in [9.17, 15) is 4.79 Å². The van der Waals surface area contributed by atoms with Crippen molar-refractivity contribution in [3.05, 3.63) is 55.7 Å². The van der Waals surface area contributed by atoms with Crippen LogP contribution in [0.4, 0.5) is 0 Å². The smallest absolute Gasteiger partial charge is 0.194 e. The van der Waals surface area contributed by atoms with Gasteiger partial charge in [0.25, 0.3) is 0 Å². The zero-order chi connectivity index (χ0) is 14.9. The highest BCUT2D eigenvalue weighted by molar-refractivity contribution is 9.11. The molecule has 0 atom stereocenters. The summed E-state index contributed by atoms with van der Waals surface area (Å²) in [6.07, 6.45) is 0. The third-order valence-corrected chi connectivity index (χ3v) is 4.94. The van der Waals surface area contributed by atoms with Gasteiger partial charge in [-0.05, 0) is 45.0 Å². The number of benzene rings is 1. The normalized spacial score (nSPS) is 11.3. The molecular formula is C17H19BrOS. The molecule has 0 unspecified atom stereocenters. The van der Waals surface area contributed by atoms with Crippen LogP contribution in [-0.4, -0.2) is 5.78 Å². The van der Waals surface area contributed by atoms with Crippen LogP contribution in [0.5, 0.6) is 0 Å². The van der Waals surface area contributed by atoms with Crippen LogP contribution in [0.3, 0.4) is 0 Å². The highest BCUT2D eigenvalue weighted by Crippen LogP contribution is 2.29. The Morgan fingerprint density at radius 1 is 1.10 bits per heavy atom. The molecule has 2 rings (SSSR count). The Hall–Kier alpha value is -0.930. The first-order valence-corrected chi connectivity index (χ1v) is 8.50. The van der Waals surface area contributed by atoms with Gasteiger partial charge in [-0.25, -0.2) is 0 Å². The summed E-state index contributed by atoms with van der Waals surface area (Å²) < 4.78 is 0.991. The zero-order valence-electron chi connectivity index (χ0n) is 12.2. The van der Waals surface area contributed by atoms with E-state index in [1.165, 1.54) is 5.56 Å². The molecule has 1 heterocycles. The Labute approximate surface area is 133 Å². The molecule has 0 aliphatic heterocycles. The number of hydrogen-bond donors (Lipinski definition) is 0. The Bertz CT molecular complexity index is 626. The van der Waals surface area contributed by atoms with Gasteiger partial charge in [-0.1, -0.05) is 45.9 Å². The van der Waals surface area contributed by atoms with Crippen molar-refractivity contribution in [2.24, 2.45) is 0 Å². The first-order valence-electron chi connectivity index (χ1n) is 6.82. The Balaban J connectivity index is 2.48. The lowest BCUT2D eigenvalue weighted by Crippen LogP contribution is -2.07. The highest BCUT2D eigenvalue weighted by Gasteiger charge is 2.17. The predicted octanol–water partition coefficient (Wildman–Crippen LogP) is 5.99. The van der Waals surface area contributed by atoms with E-state index in [1.54, 1.807) is 11.3 Å². The molecule has 0 saturated carbocycles. The van der Waals surface area contributed by atoms with Crippen LogP contribution in [0.2, 0.25) is 0 Å². The fraction of sp³-hybridized carbons (Fsp3) is 0.353. The number of rotatable bonds is 4. The van der Waals surface area contributed by atoms with Gasteiger partial charge < -0.3 is 0 Å². The molecular weight excluding hydrogens is 332 g/mol. The van der Waals surface area contributed by atoms with Gasteiger partial charge in [-0.2, -0.15) is 0 Å². The summed E-state index contributed by atoms with van der Waals surface area (Å²) in [4.78, 5) is 12.7. The van der Waals surface area contributed by atoms with E-state index < -0.39 is 0 Å². The molecule has 0 N–H and O–H groups in total. The van der Waals surface area contributed by atoms with Crippen LogP contribution in [0, 0.1) is 0 Å². The largest absolute Gasteiger partial charge is 0.289 e. The summed E-state index contributed by atoms with van der Waals surface area (Å²) in [6, 6.07) is 8.14. The van der Waals surface area contributed by atoms with Crippen LogP contribution in [0.15, 0.2) is 33.4 Å². The molecule has 0 bridgehead atoms. The van der Waals surface area contributed by atoms with Gasteiger partial charge in [0.1, 0.15) is 0 Å². The van der Waals surface area contributed by atoms with Crippen molar-refractivity contribution in [2.75, 3.05) is 0 Å². The maximum Gasteiger partial charge on any atom is 0.194 e. The maximum absolute atomic E-state index is 12.7. The zero-order valence-corrected chi connectivity index (χ0v) is 14.6. The number of carbonyl (C=O) groups is 1. The molecule has 1 nitrogen and oxygen atoms in total. The van der Waals surface area contributed by atoms with Crippen molar-refractivity contribution < 1.29 is 4.79 Å². The van der Waals surface area contributed by atoms with Crippen molar-refractivity contribution in [1.29, 1.82) is 0 Å². The molecule has 0 fully saturated rings. The van der Waals surface area contributed by atoms with Gasteiger partial charge in [0.05, 0.1) is 3.79 Å². The van der Waals surface area contributed by atoms with Crippen LogP contribution in [0.25, 0.3) is 0 Å². The molecule has 106 valence electrons. The van der Waals surface area contributed by atoms with E-state index in [-0.39, 0.29) is 5.78 Å². The van der Waals surface area contributed by atoms with Crippen molar-refractivity contribution in [3.63, 3.8) is 0 Å². The number of halogens is 1. The molecule has 1 aromatic heterocycles. The minimum atomic E-state index is 0.117. The number of thiophene rings is 1. The molecule has 0 spiro atoms. The lowest BCUT2D eigenvalue weighted by atomic mass is 9.89. The Morgan fingerprint density at radius 2 is 1.80 bits per heavy atom. The first-order chi connectivity index (χ1) is 9.40. The maximum atomic E-state index is 12.7. The van der Waals surface area contributed by atoms with E-state index in [2.05, 4.69) is 55.8 Å². The van der Waals surface area contributed by atoms with E-state index >= 15 is 0 Å². The van der Waals surface area contributed by atoms with Crippen molar-refractivity contribution in [2.45, 2.75) is 39.5 Å². The summed E-state index contributed by atoms with van der Waals surface area (Å²) in [5.41, 5.74) is 4.02. The fourth-order valence-corrected chi connectivity index (χ4v) is 3.35. The molecule has 0 amide bonds. The molecule has 0 aliphatic carbocycles. The first kappa shape index (κ1) is 15.5. The van der Waals surface area contributed by atoms with Gasteiger partial charge in [0, 0.05) is 16.5 Å². The minimum Gasteiger partial charge on any atom is -0.289 e. The standard InChI is InChI=1S/C17H19BrOS/c1-10(2)12-5-6-14(15(7-12)11(3)4)17(19)13-8-16(18)20-9-13/h5-11H,1-4H3. The molecule has 2 aromatic rings. The Morgan fingerprint density at radius 3 is 2.30 bits per heavy atom. The molecule has 3 heteroatoms. The van der Waals surface area contributed by atoms with Gasteiger partial charge in [-0.3, -0.25) is 4.79 Å². The molecule has 1 aromatic carbocycles. The van der Waals surface area contributed by atoms with Crippen molar-refractivity contribution in [3.8, 4) is 0 Å². The van der Waals surface area contributed by atoms with Gasteiger partial charge in [0.15, 0.2) is 5.78 Å². The van der Waals surface area contributed by atoms with Gasteiger partial charge >= 0.3 is 0 Å². The van der Waals surface area contributed by atoms with Crippen LogP contribution in [-0.2, 0) is 0 Å². The second kappa shape index (κ2) is 6.23. The molecule has 0 saturated heterocycles. The second-order valence-electron chi connectivity index (χ2n) is 5.62. The molecule has 0 radical (unpaired) electrons. The summed E-state index contributed by atoms with van der Waals surface area (Å²) in [7, 11) is 0. The number of hydrogen-bond acceptors (Lipinski definition) is 2. The van der Waals surface area contributed by atoms with Gasteiger partial charge in [0.2, 0.25) is 0 Å². The van der Waals surface area contributed by atoms with Crippen LogP contribution >= 0.6 is 27.3 Å². The number of carbonyl (C=O) groups excluding carboxylic acids is 1. The van der Waals surface area contributed by atoms with Crippen molar-refractivity contribution in [1.82, 2.24) is 0 Å². The molecule has 0 aliphatic rings. The summed E-state index contributed by atoms with van der Waals surface area (Å²) in [5.74, 6) is 0.938. The van der Waals surface area contributed by atoms with Crippen LogP contribution < -0.4 is 0 Å². The lowest BCUT2D eigenvalue weighted by Gasteiger charge is -2.15. The van der Waals surface area contributed by atoms with E-state index in [4.69, 9.17) is 0 Å². The average Bonchev–Trinajstić information content (AvgIpc) is 2.83. The monoisotopic (exact) mass is 350 g/mol. The third kappa shape index (κ3) is 3.21.